The van der Waals surface area contributed by atoms with Crippen molar-refractivity contribution < 1.29 is 9.84 Å². The average molecular weight is 338 g/mol. The summed E-state index contributed by atoms with van der Waals surface area (Å²) in [7, 11) is 0. The lowest BCUT2D eigenvalue weighted by molar-refractivity contribution is -0.0372. The van der Waals surface area contributed by atoms with Crippen LogP contribution in [0.25, 0.3) is 0 Å². The van der Waals surface area contributed by atoms with Gasteiger partial charge in [-0.1, -0.05) is 19.3 Å². The van der Waals surface area contributed by atoms with Gasteiger partial charge in [0.1, 0.15) is 0 Å². The fraction of sp³-hybridized carbons (Fsp3) is 0.947. The molecule has 3 fully saturated rings. The van der Waals surface area contributed by atoms with E-state index in [9.17, 15) is 5.11 Å². The van der Waals surface area contributed by atoms with Gasteiger partial charge in [0.05, 0.1) is 18.8 Å². The number of nitrogens with one attached hydrogen (secondary N) is 1. The minimum absolute atomic E-state index is 0.314. The molecule has 0 amide bonds. The predicted molar refractivity (Wildman–Crippen MR) is 97.3 cm³/mol. The lowest BCUT2D eigenvalue weighted by Gasteiger charge is -2.46. The summed E-state index contributed by atoms with van der Waals surface area (Å²) < 4.78 is 5.80. The van der Waals surface area contributed by atoms with Crippen molar-refractivity contribution in [3.63, 3.8) is 0 Å². The molecule has 138 valence electrons. The number of hydrogen-bond donors (Lipinski definition) is 2. The lowest BCUT2D eigenvalue weighted by Crippen LogP contribution is -2.53. The summed E-state index contributed by atoms with van der Waals surface area (Å²) in [6.07, 6.45) is 10.2. The third-order valence-electron chi connectivity index (χ3n) is 6.01. The Morgan fingerprint density at radius 1 is 1.12 bits per heavy atom. The van der Waals surface area contributed by atoms with Crippen molar-refractivity contribution in [3.8, 4) is 0 Å². The molecule has 5 heteroatoms. The Labute approximate surface area is 146 Å². The largest absolute Gasteiger partial charge is 0.388 e. The fourth-order valence-electron chi connectivity index (χ4n) is 4.64. The zero-order valence-corrected chi connectivity index (χ0v) is 15.4. The summed E-state index contributed by atoms with van der Waals surface area (Å²) in [6, 6.07) is 0. The van der Waals surface area contributed by atoms with Crippen molar-refractivity contribution in [3.05, 3.63) is 0 Å². The van der Waals surface area contributed by atoms with Crippen molar-refractivity contribution in [2.75, 3.05) is 39.4 Å². The highest BCUT2D eigenvalue weighted by atomic mass is 16.5. The van der Waals surface area contributed by atoms with Gasteiger partial charge in [-0.3, -0.25) is 4.99 Å². The molecule has 1 unspecified atom stereocenters. The van der Waals surface area contributed by atoms with Crippen molar-refractivity contribution in [2.45, 2.75) is 70.3 Å². The molecule has 3 rings (SSSR count). The van der Waals surface area contributed by atoms with Crippen LogP contribution in [-0.4, -0.2) is 61.0 Å². The molecule has 1 aliphatic carbocycles. The summed E-state index contributed by atoms with van der Waals surface area (Å²) in [5.74, 6) is 0.987. The highest BCUT2D eigenvalue weighted by Gasteiger charge is 2.38. The molecule has 0 aromatic carbocycles. The van der Waals surface area contributed by atoms with Crippen LogP contribution < -0.4 is 5.32 Å². The number of ether oxygens (including phenoxy) is 1. The second kappa shape index (κ2) is 8.05. The molecule has 0 radical (unpaired) electrons. The first-order valence-corrected chi connectivity index (χ1v) is 9.98. The van der Waals surface area contributed by atoms with Gasteiger partial charge >= 0.3 is 0 Å². The van der Waals surface area contributed by atoms with Gasteiger partial charge in [0.15, 0.2) is 5.96 Å². The van der Waals surface area contributed by atoms with Gasteiger partial charge < -0.3 is 20.1 Å². The van der Waals surface area contributed by atoms with Crippen LogP contribution >= 0.6 is 0 Å². The van der Waals surface area contributed by atoms with Crippen LogP contribution in [0.3, 0.4) is 0 Å². The third kappa shape index (κ3) is 4.42. The molecule has 1 atom stereocenters. The summed E-state index contributed by atoms with van der Waals surface area (Å²) in [4.78, 5) is 7.26. The maximum Gasteiger partial charge on any atom is 0.194 e. The van der Waals surface area contributed by atoms with Crippen LogP contribution in [0.2, 0.25) is 0 Å². The van der Waals surface area contributed by atoms with Crippen molar-refractivity contribution in [1.29, 1.82) is 0 Å². The molecule has 2 aliphatic heterocycles. The Balaban J connectivity index is 1.66. The van der Waals surface area contributed by atoms with Crippen molar-refractivity contribution in [2.24, 2.45) is 10.4 Å². The molecule has 1 saturated carbocycles. The van der Waals surface area contributed by atoms with E-state index in [1.807, 2.05) is 0 Å². The molecule has 0 aromatic heterocycles. The Morgan fingerprint density at radius 3 is 2.62 bits per heavy atom. The highest BCUT2D eigenvalue weighted by molar-refractivity contribution is 5.80. The SMILES string of the molecule is CCNC(=NCC1(O)CCCCC1)N1CCCC2(CCCOC2)C1. The molecular formula is C19H35N3O2. The molecule has 1 spiro atoms. The molecule has 2 saturated heterocycles. The Hall–Kier alpha value is -0.810. The van der Waals surface area contributed by atoms with Crippen LogP contribution in [0.15, 0.2) is 4.99 Å². The normalized spacial score (nSPS) is 31.2. The minimum Gasteiger partial charge on any atom is -0.388 e. The van der Waals surface area contributed by atoms with Crippen molar-refractivity contribution in [1.82, 2.24) is 10.2 Å². The fourth-order valence-corrected chi connectivity index (χ4v) is 4.64. The number of aliphatic imine (C=N–C) groups is 1. The summed E-state index contributed by atoms with van der Waals surface area (Å²) in [5, 5.41) is 14.2. The van der Waals surface area contributed by atoms with E-state index < -0.39 is 5.60 Å². The van der Waals surface area contributed by atoms with Gasteiger partial charge in [-0.2, -0.15) is 0 Å². The van der Waals surface area contributed by atoms with Crippen LogP contribution in [0.1, 0.15) is 64.7 Å². The Kier molecular flexibility index (Phi) is 6.03. The predicted octanol–water partition coefficient (Wildman–Crippen LogP) is 2.54. The maximum absolute atomic E-state index is 10.8. The molecule has 0 aromatic rings. The maximum atomic E-state index is 10.8. The molecule has 5 nitrogen and oxygen atoms in total. The molecule has 0 bridgehead atoms. The number of aliphatic hydroxyl groups is 1. The first-order chi connectivity index (χ1) is 11.6. The molecular weight excluding hydrogens is 302 g/mol. The Bertz CT molecular complexity index is 421. The highest BCUT2D eigenvalue weighted by Crippen LogP contribution is 2.37. The third-order valence-corrected chi connectivity index (χ3v) is 6.01. The van der Waals surface area contributed by atoms with Gasteiger partial charge in [0.2, 0.25) is 0 Å². The topological polar surface area (TPSA) is 57.1 Å². The minimum atomic E-state index is -0.583. The number of piperidine rings is 1. The van der Waals surface area contributed by atoms with Crippen LogP contribution in [0.5, 0.6) is 0 Å². The van der Waals surface area contributed by atoms with Crippen molar-refractivity contribution >= 4 is 5.96 Å². The van der Waals surface area contributed by atoms with E-state index in [1.54, 1.807) is 0 Å². The van der Waals surface area contributed by atoms with E-state index in [2.05, 4.69) is 17.1 Å². The van der Waals surface area contributed by atoms with E-state index >= 15 is 0 Å². The molecule has 2 heterocycles. The number of nitrogens with zero attached hydrogens (tertiary/aromatic N) is 2. The number of hydrogen-bond acceptors (Lipinski definition) is 3. The number of guanidine groups is 1. The first kappa shape index (κ1) is 18.0. The summed E-state index contributed by atoms with van der Waals surface area (Å²) in [6.45, 7) is 7.44. The zero-order valence-electron chi connectivity index (χ0n) is 15.4. The summed E-state index contributed by atoms with van der Waals surface area (Å²) >= 11 is 0. The van der Waals surface area contributed by atoms with E-state index in [1.165, 1.54) is 32.1 Å². The van der Waals surface area contributed by atoms with Crippen LogP contribution in [-0.2, 0) is 4.74 Å². The van der Waals surface area contributed by atoms with Gasteiger partial charge in [0, 0.05) is 31.7 Å². The first-order valence-electron chi connectivity index (χ1n) is 9.98. The lowest BCUT2D eigenvalue weighted by atomic mass is 9.76. The Morgan fingerprint density at radius 2 is 1.92 bits per heavy atom. The van der Waals surface area contributed by atoms with Gasteiger partial charge in [-0.15, -0.1) is 0 Å². The average Bonchev–Trinajstić information content (AvgIpc) is 2.60. The van der Waals surface area contributed by atoms with Crippen LogP contribution in [0.4, 0.5) is 0 Å². The van der Waals surface area contributed by atoms with Crippen LogP contribution in [0, 0.1) is 5.41 Å². The van der Waals surface area contributed by atoms with Gasteiger partial charge in [-0.05, 0) is 45.4 Å². The zero-order chi connectivity index (χ0) is 16.9. The van der Waals surface area contributed by atoms with E-state index in [-0.39, 0.29) is 0 Å². The van der Waals surface area contributed by atoms with Gasteiger partial charge in [0.25, 0.3) is 0 Å². The number of likely N-dealkylation sites (tertiary alicyclic amines) is 1. The van der Waals surface area contributed by atoms with E-state index in [0.717, 1.165) is 64.5 Å². The summed E-state index contributed by atoms with van der Waals surface area (Å²) in [5.41, 5.74) is -0.269. The smallest absolute Gasteiger partial charge is 0.194 e. The van der Waals surface area contributed by atoms with E-state index in [0.29, 0.717) is 12.0 Å². The standard InChI is InChI=1S/C19H35N3O2/c1-2-20-17(21-14-19(23)10-4-3-5-11-19)22-12-6-8-18(15-22)9-7-13-24-16-18/h23H,2-16H2,1H3,(H,20,21). The quantitative estimate of drug-likeness (QED) is 0.614. The molecule has 24 heavy (non-hydrogen) atoms. The second-order valence-electron chi connectivity index (χ2n) is 8.14. The second-order valence-corrected chi connectivity index (χ2v) is 8.14. The van der Waals surface area contributed by atoms with E-state index in [4.69, 9.17) is 9.73 Å². The monoisotopic (exact) mass is 337 g/mol. The molecule has 3 aliphatic rings. The molecule has 2 N–H and O–H groups in total. The number of rotatable bonds is 3. The van der Waals surface area contributed by atoms with Gasteiger partial charge in [-0.25, -0.2) is 0 Å².